The zero-order valence-corrected chi connectivity index (χ0v) is 11.1. The third-order valence-corrected chi connectivity index (χ3v) is 2.78. The van der Waals surface area contributed by atoms with E-state index in [-0.39, 0.29) is 22.4 Å². The monoisotopic (exact) mass is 309 g/mol. The van der Waals surface area contributed by atoms with Gasteiger partial charge in [0, 0.05) is 19.2 Å². The number of nitro benzene ring substituents is 1. The summed E-state index contributed by atoms with van der Waals surface area (Å²) in [5.41, 5.74) is -0.475. The Bertz CT molecular complexity index is 507. The quantitative estimate of drug-likeness (QED) is 0.639. The molecule has 0 radical (unpaired) electrons. The molecule has 7 nitrogen and oxygen atoms in total. The summed E-state index contributed by atoms with van der Waals surface area (Å²) in [6.45, 7) is -0.271. The number of aliphatic carboxylic acids is 1. The van der Waals surface area contributed by atoms with Crippen LogP contribution >= 0.6 is 23.2 Å². The normalized spacial score (nSPS) is 11.9. The molecule has 0 aromatic heterocycles. The van der Waals surface area contributed by atoms with Crippen LogP contribution in [0, 0.1) is 10.1 Å². The van der Waals surface area contributed by atoms with Crippen LogP contribution in [0.5, 0.6) is 5.75 Å². The van der Waals surface area contributed by atoms with E-state index in [1.165, 1.54) is 7.11 Å². The maximum atomic E-state index is 10.9. The fourth-order valence-corrected chi connectivity index (χ4v) is 1.53. The van der Waals surface area contributed by atoms with Crippen molar-refractivity contribution in [1.82, 2.24) is 0 Å². The van der Waals surface area contributed by atoms with Gasteiger partial charge in [-0.05, 0) is 0 Å². The molecule has 0 fully saturated rings. The maximum Gasteiger partial charge on any atom is 0.347 e. The van der Waals surface area contributed by atoms with Gasteiger partial charge < -0.3 is 14.6 Å². The average molecular weight is 310 g/mol. The van der Waals surface area contributed by atoms with Gasteiger partial charge in [0.25, 0.3) is 0 Å². The minimum absolute atomic E-state index is 0.0174. The first kappa shape index (κ1) is 15.5. The van der Waals surface area contributed by atoms with E-state index in [4.69, 9.17) is 33.0 Å². The number of hydrogen-bond donors (Lipinski definition) is 1. The van der Waals surface area contributed by atoms with Crippen LogP contribution < -0.4 is 4.74 Å². The number of nitro groups is 1. The number of rotatable bonds is 6. The lowest BCUT2D eigenvalue weighted by molar-refractivity contribution is -0.386. The van der Waals surface area contributed by atoms with Crippen LogP contribution in [0.15, 0.2) is 12.1 Å². The average Bonchev–Trinajstić information content (AvgIpc) is 2.32. The van der Waals surface area contributed by atoms with Crippen molar-refractivity contribution in [2.45, 2.75) is 6.10 Å². The number of carbonyl (C=O) groups is 1. The molecule has 0 aliphatic heterocycles. The van der Waals surface area contributed by atoms with E-state index in [1.54, 1.807) is 0 Å². The van der Waals surface area contributed by atoms with E-state index in [9.17, 15) is 14.9 Å². The molecular formula is C10H9Cl2NO6. The maximum absolute atomic E-state index is 10.9. The number of carboxylic acid groups (broad SMARTS) is 1. The smallest absolute Gasteiger partial charge is 0.347 e. The standard InChI is InChI=1S/C10H9Cl2NO6/c1-18-4-9(10(14)15)19-8-3-6(12)5(11)2-7(8)13(16)17/h2-3,9H,4H2,1H3,(H,14,15). The number of benzene rings is 1. The van der Waals surface area contributed by atoms with E-state index in [2.05, 4.69) is 4.74 Å². The van der Waals surface area contributed by atoms with Gasteiger partial charge in [-0.2, -0.15) is 0 Å². The van der Waals surface area contributed by atoms with Crippen LogP contribution in [-0.4, -0.2) is 35.8 Å². The number of methoxy groups -OCH3 is 1. The molecule has 19 heavy (non-hydrogen) atoms. The second kappa shape index (κ2) is 6.55. The van der Waals surface area contributed by atoms with E-state index >= 15 is 0 Å². The van der Waals surface area contributed by atoms with Gasteiger partial charge in [-0.3, -0.25) is 10.1 Å². The Morgan fingerprint density at radius 3 is 2.53 bits per heavy atom. The van der Waals surface area contributed by atoms with Crippen molar-refractivity contribution in [2.24, 2.45) is 0 Å². The number of halogens is 2. The van der Waals surface area contributed by atoms with E-state index in [0.717, 1.165) is 12.1 Å². The summed E-state index contributed by atoms with van der Waals surface area (Å²) in [5.74, 6) is -1.61. The number of nitrogens with zero attached hydrogens (tertiary/aromatic N) is 1. The number of ether oxygens (including phenoxy) is 2. The molecular weight excluding hydrogens is 301 g/mol. The molecule has 1 aromatic carbocycles. The first-order chi connectivity index (χ1) is 8.86. The van der Waals surface area contributed by atoms with Crippen LogP contribution in [0.1, 0.15) is 0 Å². The molecule has 0 aliphatic rings. The lowest BCUT2D eigenvalue weighted by Gasteiger charge is -2.14. The Hall–Kier alpha value is -1.57. The zero-order valence-electron chi connectivity index (χ0n) is 9.63. The molecule has 0 spiro atoms. The summed E-state index contributed by atoms with van der Waals surface area (Å²) in [5, 5.41) is 19.7. The molecule has 1 aromatic rings. The van der Waals surface area contributed by atoms with E-state index in [0.29, 0.717) is 0 Å². The Morgan fingerprint density at radius 1 is 1.47 bits per heavy atom. The van der Waals surface area contributed by atoms with Gasteiger partial charge in [0.15, 0.2) is 5.75 Å². The molecule has 9 heteroatoms. The first-order valence-electron chi connectivity index (χ1n) is 4.88. The summed E-state index contributed by atoms with van der Waals surface area (Å²) in [4.78, 5) is 21.0. The summed E-state index contributed by atoms with van der Waals surface area (Å²) >= 11 is 11.4. The van der Waals surface area contributed by atoms with Gasteiger partial charge in [0.2, 0.25) is 6.10 Å². The molecule has 1 unspecified atom stereocenters. The predicted octanol–water partition coefficient (Wildman–Crippen LogP) is 2.38. The topological polar surface area (TPSA) is 98.9 Å². The highest BCUT2D eigenvalue weighted by atomic mass is 35.5. The molecule has 1 atom stereocenters. The molecule has 0 aliphatic carbocycles. The fraction of sp³-hybridized carbons (Fsp3) is 0.300. The summed E-state index contributed by atoms with van der Waals surface area (Å²) in [7, 11) is 1.28. The highest BCUT2D eigenvalue weighted by Gasteiger charge is 2.25. The Kier molecular flexibility index (Phi) is 5.34. The SMILES string of the molecule is COCC(Oc1cc(Cl)c(Cl)cc1[N+](=O)[O-])C(=O)O. The highest BCUT2D eigenvalue weighted by molar-refractivity contribution is 6.42. The number of hydrogen-bond acceptors (Lipinski definition) is 5. The Labute approximate surface area is 117 Å². The lowest BCUT2D eigenvalue weighted by atomic mass is 10.3. The molecule has 0 saturated heterocycles. The van der Waals surface area contributed by atoms with Crippen LogP contribution in [0.25, 0.3) is 0 Å². The van der Waals surface area contributed by atoms with E-state index in [1.807, 2.05) is 0 Å². The van der Waals surface area contributed by atoms with Gasteiger partial charge in [-0.25, -0.2) is 4.79 Å². The molecule has 0 amide bonds. The van der Waals surface area contributed by atoms with Crippen molar-refractivity contribution in [3.05, 3.63) is 32.3 Å². The Morgan fingerprint density at radius 2 is 2.05 bits per heavy atom. The number of carboxylic acids is 1. The third-order valence-electron chi connectivity index (χ3n) is 2.06. The van der Waals surface area contributed by atoms with Crippen molar-refractivity contribution in [3.63, 3.8) is 0 Å². The van der Waals surface area contributed by atoms with E-state index < -0.39 is 22.7 Å². The van der Waals surface area contributed by atoms with Gasteiger partial charge in [0.05, 0.1) is 21.6 Å². The van der Waals surface area contributed by atoms with Gasteiger partial charge in [-0.15, -0.1) is 0 Å². The van der Waals surface area contributed by atoms with Crippen LogP contribution in [-0.2, 0) is 9.53 Å². The van der Waals surface area contributed by atoms with Crippen LogP contribution in [0.4, 0.5) is 5.69 Å². The molecule has 1 rings (SSSR count). The van der Waals surface area contributed by atoms with Crippen molar-refractivity contribution in [2.75, 3.05) is 13.7 Å². The molecule has 0 bridgehead atoms. The fourth-order valence-electron chi connectivity index (χ4n) is 1.22. The van der Waals surface area contributed by atoms with Crippen LogP contribution in [0.2, 0.25) is 10.0 Å². The lowest BCUT2D eigenvalue weighted by Crippen LogP contribution is -2.31. The minimum atomic E-state index is -1.39. The van der Waals surface area contributed by atoms with Crippen molar-refractivity contribution >= 4 is 34.9 Å². The molecule has 0 saturated carbocycles. The summed E-state index contributed by atoms with van der Waals surface area (Å²) in [6.07, 6.45) is -1.39. The predicted molar refractivity (Wildman–Crippen MR) is 67.0 cm³/mol. The zero-order chi connectivity index (χ0) is 14.6. The van der Waals surface area contributed by atoms with Gasteiger partial charge in [0.1, 0.15) is 0 Å². The van der Waals surface area contributed by atoms with Crippen molar-refractivity contribution < 1.29 is 24.3 Å². The second-order valence-electron chi connectivity index (χ2n) is 3.39. The molecule has 0 heterocycles. The molecule has 104 valence electrons. The minimum Gasteiger partial charge on any atom is -0.478 e. The van der Waals surface area contributed by atoms with Crippen LogP contribution in [0.3, 0.4) is 0 Å². The van der Waals surface area contributed by atoms with Gasteiger partial charge in [-0.1, -0.05) is 23.2 Å². The Balaban J connectivity index is 3.14. The second-order valence-corrected chi connectivity index (χ2v) is 4.21. The van der Waals surface area contributed by atoms with Crippen molar-refractivity contribution in [1.29, 1.82) is 0 Å². The van der Waals surface area contributed by atoms with Gasteiger partial charge >= 0.3 is 11.7 Å². The van der Waals surface area contributed by atoms with Crippen molar-refractivity contribution in [3.8, 4) is 5.75 Å². The first-order valence-corrected chi connectivity index (χ1v) is 5.64. The summed E-state index contributed by atoms with van der Waals surface area (Å²) in [6, 6.07) is 2.08. The largest absolute Gasteiger partial charge is 0.478 e. The summed E-state index contributed by atoms with van der Waals surface area (Å²) < 4.78 is 9.69. The highest BCUT2D eigenvalue weighted by Crippen LogP contribution is 2.36. The third kappa shape index (κ3) is 3.95. The molecule has 1 N–H and O–H groups in total.